The normalized spacial score (nSPS) is 31.1. The van der Waals surface area contributed by atoms with E-state index in [9.17, 15) is 9.59 Å². The lowest BCUT2D eigenvalue weighted by Gasteiger charge is -2.45. The van der Waals surface area contributed by atoms with Crippen molar-refractivity contribution in [1.82, 2.24) is 0 Å². The highest BCUT2D eigenvalue weighted by molar-refractivity contribution is 6.74. The molecule has 2 rings (SSSR count). The van der Waals surface area contributed by atoms with Gasteiger partial charge in [0.05, 0.1) is 18.3 Å². The standard InChI is InChI=1S/C45H80O8Si2/c1-17-21-22-25-38-37-29-32(5)24-23-26-39(48-14)42(35(8)41(34(7)36(9)46)52-54(15,16)44(10,11)12)51-40(47)28-27-33(6)30-45(13,50-31-49-38)43(37)53-55(18-2,19-3)20-4/h23-24,26-28,30,34-35,37-39,41-43H,17-22,25,29,31H2,1-16H3/b26-23+,28-27+,32-24+,33-30+/t34-,35+,37-,38+,39+,41+,42-,43+,45+/m1/s1. The van der Waals surface area contributed by atoms with Crippen molar-refractivity contribution >= 4 is 28.4 Å². The smallest absolute Gasteiger partial charge is 0.331 e. The number of hydrogen-bond acceptors (Lipinski definition) is 8. The number of allylic oxidation sites excluding steroid dienone is 5. The summed E-state index contributed by atoms with van der Waals surface area (Å²) >= 11 is 0. The van der Waals surface area contributed by atoms with Crippen LogP contribution in [0.3, 0.4) is 0 Å². The molecule has 2 aliphatic heterocycles. The molecule has 2 heterocycles. The van der Waals surface area contributed by atoms with Crippen molar-refractivity contribution in [3.05, 3.63) is 47.6 Å². The number of carbonyl (C=O) groups excluding carboxylic acids is 2. The maximum absolute atomic E-state index is 13.8. The van der Waals surface area contributed by atoms with Crippen LogP contribution in [-0.2, 0) is 37.4 Å². The summed E-state index contributed by atoms with van der Waals surface area (Å²) in [5.74, 6) is -1.19. The van der Waals surface area contributed by atoms with Crippen LogP contribution in [0.5, 0.6) is 0 Å². The van der Waals surface area contributed by atoms with E-state index in [0.717, 1.165) is 55.8 Å². The summed E-state index contributed by atoms with van der Waals surface area (Å²) in [5.41, 5.74) is 1.25. The zero-order chi connectivity index (χ0) is 41.8. The molecule has 0 aromatic heterocycles. The number of ketones is 1. The number of hydrogen-bond donors (Lipinski definition) is 0. The Hall–Kier alpha value is -1.67. The number of esters is 1. The lowest BCUT2D eigenvalue weighted by atomic mass is 9.79. The second kappa shape index (κ2) is 21.9. The highest BCUT2D eigenvalue weighted by atomic mass is 28.4. The van der Waals surface area contributed by atoms with Crippen LogP contribution in [0.1, 0.15) is 122 Å². The summed E-state index contributed by atoms with van der Waals surface area (Å²) in [5, 5.41) is -0.0803. The summed E-state index contributed by atoms with van der Waals surface area (Å²) in [7, 11) is -2.80. The van der Waals surface area contributed by atoms with E-state index in [-0.39, 0.29) is 41.7 Å². The molecular formula is C45H80O8Si2. The lowest BCUT2D eigenvalue weighted by Crippen LogP contribution is -2.54. The van der Waals surface area contributed by atoms with Gasteiger partial charge < -0.3 is 27.8 Å². The van der Waals surface area contributed by atoms with Gasteiger partial charge in [-0.25, -0.2) is 4.79 Å². The van der Waals surface area contributed by atoms with Crippen LogP contribution >= 0.6 is 0 Å². The van der Waals surface area contributed by atoms with Crippen LogP contribution < -0.4 is 0 Å². The molecule has 55 heavy (non-hydrogen) atoms. The van der Waals surface area contributed by atoms with Gasteiger partial charge in [-0.1, -0.05) is 117 Å². The largest absolute Gasteiger partial charge is 0.456 e. The van der Waals surface area contributed by atoms with Crippen LogP contribution in [0.2, 0.25) is 36.3 Å². The minimum Gasteiger partial charge on any atom is -0.456 e. The Morgan fingerprint density at radius 2 is 1.67 bits per heavy atom. The zero-order valence-corrected chi connectivity index (χ0v) is 39.7. The molecule has 2 aliphatic rings. The summed E-state index contributed by atoms with van der Waals surface area (Å²) in [6.45, 7) is 32.0. The van der Waals surface area contributed by atoms with Crippen LogP contribution in [0.4, 0.5) is 0 Å². The SMILES string of the molecule is CCCCC[C@@H]1OCO[C@@]2(C)/C=C(C)/C=C/C(=O)O[C@H]([C@@H](C)[C@@H](O[Si](C)(C)C(C)(C)C)[C@H](C)C(C)=O)[C@@H](OC)/C=C/C=C(\C)C[C@H]1[C@@H]2O[Si](CC)(CC)CC. The number of Topliss-reactive ketones (excluding diaryl/α,β-unsaturated/α-hetero) is 1. The third kappa shape index (κ3) is 13.7. The quantitative estimate of drug-likeness (QED) is 0.0866. The van der Waals surface area contributed by atoms with Gasteiger partial charge in [-0.2, -0.15) is 0 Å². The minimum atomic E-state index is -2.33. The molecule has 0 unspecified atom stereocenters. The monoisotopic (exact) mass is 805 g/mol. The van der Waals surface area contributed by atoms with Gasteiger partial charge in [0, 0.05) is 30.9 Å². The molecule has 0 saturated carbocycles. The fourth-order valence-electron chi connectivity index (χ4n) is 7.84. The van der Waals surface area contributed by atoms with Gasteiger partial charge >= 0.3 is 5.97 Å². The van der Waals surface area contributed by atoms with Crippen LogP contribution in [0.15, 0.2) is 47.6 Å². The van der Waals surface area contributed by atoms with Gasteiger partial charge in [-0.05, 0) is 82.9 Å². The predicted molar refractivity (Wildman–Crippen MR) is 231 cm³/mol. The first-order valence-corrected chi connectivity index (χ1v) is 26.6. The number of rotatable bonds is 16. The fraction of sp³-hybridized carbons (Fsp3) is 0.778. The topological polar surface area (TPSA) is 89.5 Å². The predicted octanol–water partition coefficient (Wildman–Crippen LogP) is 11.3. The van der Waals surface area contributed by atoms with Gasteiger partial charge in [0.2, 0.25) is 0 Å². The lowest BCUT2D eigenvalue weighted by molar-refractivity contribution is -0.157. The van der Waals surface area contributed by atoms with Gasteiger partial charge in [-0.15, -0.1) is 0 Å². The number of fused-ring (bicyclic) bond motifs is 2. The fourth-order valence-corrected chi connectivity index (χ4v) is 12.2. The number of ether oxygens (including phenoxy) is 4. The van der Waals surface area contributed by atoms with E-state index in [1.54, 1.807) is 20.1 Å². The van der Waals surface area contributed by atoms with Crippen molar-refractivity contribution in [3.8, 4) is 0 Å². The van der Waals surface area contributed by atoms with Gasteiger partial charge in [0.15, 0.2) is 16.6 Å². The Kier molecular flexibility index (Phi) is 19.7. The van der Waals surface area contributed by atoms with E-state index in [0.29, 0.717) is 0 Å². The summed E-state index contributed by atoms with van der Waals surface area (Å²) in [6.07, 6.45) is 14.5. The van der Waals surface area contributed by atoms with E-state index in [1.807, 2.05) is 32.9 Å². The molecule has 0 aliphatic carbocycles. The number of methoxy groups -OCH3 is 1. The average Bonchev–Trinajstić information content (AvgIpc) is 3.23. The number of unbranched alkanes of at least 4 members (excludes halogenated alkanes) is 2. The Morgan fingerprint density at radius 1 is 1.04 bits per heavy atom. The van der Waals surface area contributed by atoms with Crippen molar-refractivity contribution in [2.24, 2.45) is 17.8 Å². The molecular weight excluding hydrogens is 725 g/mol. The summed E-state index contributed by atoms with van der Waals surface area (Å²) in [4.78, 5) is 26.8. The van der Waals surface area contributed by atoms with Crippen molar-refractivity contribution in [3.63, 3.8) is 0 Å². The molecule has 8 nitrogen and oxygen atoms in total. The molecule has 0 aromatic carbocycles. The van der Waals surface area contributed by atoms with Gasteiger partial charge in [0.1, 0.15) is 30.4 Å². The molecule has 9 atom stereocenters. The molecule has 0 radical (unpaired) electrons. The second-order valence-corrected chi connectivity index (χ2v) is 27.6. The summed E-state index contributed by atoms with van der Waals surface area (Å²) in [6, 6.07) is 3.08. The minimum absolute atomic E-state index is 0.0286. The van der Waals surface area contributed by atoms with Crippen LogP contribution in [-0.4, -0.2) is 78.4 Å². The van der Waals surface area contributed by atoms with E-state index >= 15 is 0 Å². The van der Waals surface area contributed by atoms with Crippen LogP contribution in [0, 0.1) is 17.8 Å². The molecule has 1 fully saturated rings. The molecule has 0 aromatic rings. The maximum Gasteiger partial charge on any atom is 0.331 e. The Bertz CT molecular complexity index is 1330. The average molecular weight is 805 g/mol. The highest BCUT2D eigenvalue weighted by Crippen LogP contribution is 2.43. The van der Waals surface area contributed by atoms with Crippen molar-refractivity contribution in [1.29, 1.82) is 0 Å². The third-order valence-corrected chi connectivity index (χ3v) is 22.1. The van der Waals surface area contributed by atoms with Gasteiger partial charge in [-0.3, -0.25) is 4.79 Å². The van der Waals surface area contributed by atoms with Crippen molar-refractivity contribution in [2.45, 2.75) is 194 Å². The van der Waals surface area contributed by atoms with Crippen molar-refractivity contribution < 1.29 is 37.4 Å². The van der Waals surface area contributed by atoms with Crippen molar-refractivity contribution in [2.75, 3.05) is 13.9 Å². The molecule has 2 bridgehead atoms. The highest BCUT2D eigenvalue weighted by Gasteiger charge is 2.49. The van der Waals surface area contributed by atoms with E-state index in [1.165, 1.54) is 11.6 Å². The number of carbonyl (C=O) groups is 2. The molecule has 1 saturated heterocycles. The first kappa shape index (κ1) is 49.5. The zero-order valence-electron chi connectivity index (χ0n) is 37.7. The van der Waals surface area contributed by atoms with Gasteiger partial charge in [0.25, 0.3) is 0 Å². The van der Waals surface area contributed by atoms with Crippen LogP contribution in [0.25, 0.3) is 0 Å². The number of cyclic esters (lactones) is 1. The Morgan fingerprint density at radius 3 is 2.22 bits per heavy atom. The molecule has 0 amide bonds. The van der Waals surface area contributed by atoms with E-state index in [2.05, 4.69) is 87.6 Å². The van der Waals surface area contributed by atoms with E-state index in [4.69, 9.17) is 27.8 Å². The first-order valence-electron chi connectivity index (χ1n) is 21.2. The van der Waals surface area contributed by atoms with E-state index < -0.39 is 52.4 Å². The molecule has 316 valence electrons. The Balaban J connectivity index is 2.80. The maximum atomic E-state index is 13.8. The first-order chi connectivity index (χ1) is 25.6. The summed E-state index contributed by atoms with van der Waals surface area (Å²) < 4.78 is 40.2. The Labute approximate surface area is 338 Å². The molecule has 0 spiro atoms. The molecule has 10 heteroatoms. The molecule has 0 N–H and O–H groups in total. The second-order valence-electron chi connectivity index (χ2n) is 18.1. The third-order valence-electron chi connectivity index (χ3n) is 13.0.